The number of hydrogen-bond donors (Lipinski definition) is 1. The summed E-state index contributed by atoms with van der Waals surface area (Å²) >= 11 is 1.44. The van der Waals surface area contributed by atoms with Gasteiger partial charge in [0.15, 0.2) is 0 Å². The monoisotopic (exact) mass is 234 g/mol. The molecule has 84 valence electrons. The molecule has 2 rings (SSSR count). The molecule has 0 unspecified atom stereocenters. The summed E-state index contributed by atoms with van der Waals surface area (Å²) in [6.45, 7) is 2.84. The van der Waals surface area contributed by atoms with Gasteiger partial charge < -0.3 is 10.6 Å². The molecule has 0 bridgehead atoms. The van der Waals surface area contributed by atoms with Crippen LogP contribution in [0.4, 0.5) is 10.8 Å². The Kier molecular flexibility index (Phi) is 3.05. The van der Waals surface area contributed by atoms with Gasteiger partial charge in [-0.1, -0.05) is 0 Å². The Morgan fingerprint density at radius 3 is 2.62 bits per heavy atom. The second-order valence-electron chi connectivity index (χ2n) is 3.71. The van der Waals surface area contributed by atoms with Gasteiger partial charge in [-0.15, -0.1) is 0 Å². The third-order valence-corrected chi connectivity index (χ3v) is 3.53. The van der Waals surface area contributed by atoms with E-state index in [1.807, 2.05) is 26.1 Å². The molecule has 0 amide bonds. The summed E-state index contributed by atoms with van der Waals surface area (Å²) in [6, 6.07) is 4.02. The topological polar surface area (TPSA) is 55.0 Å². The second-order valence-corrected chi connectivity index (χ2v) is 4.46. The minimum atomic E-state index is 0.626. The summed E-state index contributed by atoms with van der Waals surface area (Å²) in [6.07, 6.45) is 3.61. The lowest BCUT2D eigenvalue weighted by Gasteiger charge is -2.17. The van der Waals surface area contributed by atoms with Crippen LogP contribution in [0.5, 0.6) is 0 Å². The Hall–Kier alpha value is -1.62. The molecule has 0 saturated heterocycles. The normalized spacial score (nSPS) is 10.4. The second kappa shape index (κ2) is 4.49. The smallest absolute Gasteiger partial charge is 0.142 e. The molecular weight excluding hydrogens is 220 g/mol. The molecular formula is C11H14N4S. The zero-order chi connectivity index (χ0) is 11.5. The van der Waals surface area contributed by atoms with Gasteiger partial charge in [0.2, 0.25) is 0 Å². The molecule has 5 heteroatoms. The van der Waals surface area contributed by atoms with Crippen LogP contribution < -0.4 is 10.6 Å². The molecule has 0 radical (unpaired) electrons. The van der Waals surface area contributed by atoms with E-state index < -0.39 is 0 Å². The highest BCUT2D eigenvalue weighted by Gasteiger charge is 2.11. The molecule has 0 fully saturated rings. The molecule has 2 aromatic heterocycles. The van der Waals surface area contributed by atoms with Gasteiger partial charge in [-0.2, -0.15) is 4.37 Å². The van der Waals surface area contributed by atoms with Crippen LogP contribution in [0, 0.1) is 6.92 Å². The molecule has 2 N–H and O–H groups in total. The molecule has 0 atom stereocenters. The number of aromatic nitrogens is 2. The maximum absolute atomic E-state index is 5.73. The van der Waals surface area contributed by atoms with Crippen LogP contribution >= 0.6 is 11.5 Å². The maximum Gasteiger partial charge on any atom is 0.142 e. The summed E-state index contributed by atoms with van der Waals surface area (Å²) in [5.41, 5.74) is 8.02. The van der Waals surface area contributed by atoms with E-state index in [9.17, 15) is 0 Å². The first-order chi connectivity index (χ1) is 7.68. The number of anilines is 2. The number of nitrogens with two attached hydrogens (primary N) is 1. The van der Waals surface area contributed by atoms with Crippen LogP contribution in [-0.2, 0) is 6.54 Å². The van der Waals surface area contributed by atoms with Gasteiger partial charge in [-0.05, 0) is 36.2 Å². The van der Waals surface area contributed by atoms with Crippen LogP contribution in [0.25, 0.3) is 0 Å². The number of nitrogen functional groups attached to an aromatic ring is 1. The van der Waals surface area contributed by atoms with Crippen molar-refractivity contribution in [3.8, 4) is 0 Å². The standard InChI is InChI=1S/C11H14N4S/c1-8-10(12)14-16-11(8)15(2)7-9-3-5-13-6-4-9/h3-6H,7H2,1-2H3,(H2,12,14). The van der Waals surface area contributed by atoms with Crippen molar-refractivity contribution < 1.29 is 0 Å². The van der Waals surface area contributed by atoms with Crippen LogP contribution in [0.3, 0.4) is 0 Å². The highest BCUT2D eigenvalue weighted by molar-refractivity contribution is 7.10. The molecule has 0 aliphatic rings. The van der Waals surface area contributed by atoms with Crippen molar-refractivity contribution in [3.05, 3.63) is 35.7 Å². The van der Waals surface area contributed by atoms with Crippen LogP contribution in [0.1, 0.15) is 11.1 Å². The van der Waals surface area contributed by atoms with Gasteiger partial charge in [0.05, 0.1) is 0 Å². The molecule has 0 aliphatic carbocycles. The number of pyridine rings is 1. The van der Waals surface area contributed by atoms with E-state index in [0.717, 1.165) is 17.1 Å². The Morgan fingerprint density at radius 2 is 2.06 bits per heavy atom. The van der Waals surface area contributed by atoms with Crippen molar-refractivity contribution in [2.45, 2.75) is 13.5 Å². The van der Waals surface area contributed by atoms with Crippen molar-refractivity contribution in [2.75, 3.05) is 17.7 Å². The largest absolute Gasteiger partial charge is 0.383 e. The molecule has 0 spiro atoms. The molecule has 16 heavy (non-hydrogen) atoms. The van der Waals surface area contributed by atoms with Crippen molar-refractivity contribution in [1.29, 1.82) is 0 Å². The SMILES string of the molecule is Cc1c(N)nsc1N(C)Cc1ccncc1. The summed E-state index contributed by atoms with van der Waals surface area (Å²) < 4.78 is 4.14. The van der Waals surface area contributed by atoms with Crippen molar-refractivity contribution in [1.82, 2.24) is 9.36 Å². The molecule has 4 nitrogen and oxygen atoms in total. The van der Waals surface area contributed by atoms with E-state index in [0.29, 0.717) is 5.82 Å². The van der Waals surface area contributed by atoms with Crippen LogP contribution in [-0.4, -0.2) is 16.4 Å². The van der Waals surface area contributed by atoms with Gasteiger partial charge in [-0.25, -0.2) is 0 Å². The summed E-state index contributed by atoms with van der Waals surface area (Å²) in [4.78, 5) is 6.15. The predicted molar refractivity (Wildman–Crippen MR) is 67.6 cm³/mol. The fraction of sp³-hybridized carbons (Fsp3) is 0.273. The Balaban J connectivity index is 2.15. The van der Waals surface area contributed by atoms with Crippen LogP contribution in [0.15, 0.2) is 24.5 Å². The van der Waals surface area contributed by atoms with Crippen molar-refractivity contribution in [3.63, 3.8) is 0 Å². The first kappa shape index (κ1) is 10.9. The molecule has 0 saturated carbocycles. The Bertz CT molecular complexity index is 466. The zero-order valence-electron chi connectivity index (χ0n) is 9.34. The number of rotatable bonds is 3. The molecule has 0 aromatic carbocycles. The van der Waals surface area contributed by atoms with E-state index in [2.05, 4.69) is 14.3 Å². The van der Waals surface area contributed by atoms with Gasteiger partial charge in [-0.3, -0.25) is 4.98 Å². The number of nitrogens with zero attached hydrogens (tertiary/aromatic N) is 3. The van der Waals surface area contributed by atoms with Gasteiger partial charge in [0.1, 0.15) is 10.8 Å². The Morgan fingerprint density at radius 1 is 1.38 bits per heavy atom. The van der Waals surface area contributed by atoms with Gasteiger partial charge in [0.25, 0.3) is 0 Å². The number of hydrogen-bond acceptors (Lipinski definition) is 5. The molecule has 2 heterocycles. The average molecular weight is 234 g/mol. The maximum atomic E-state index is 5.73. The lowest BCUT2D eigenvalue weighted by molar-refractivity contribution is 0.927. The molecule has 2 aromatic rings. The fourth-order valence-electron chi connectivity index (χ4n) is 1.53. The highest BCUT2D eigenvalue weighted by Crippen LogP contribution is 2.29. The third-order valence-electron chi connectivity index (χ3n) is 2.45. The predicted octanol–water partition coefficient (Wildman–Crippen LogP) is 2.07. The van der Waals surface area contributed by atoms with E-state index in [4.69, 9.17) is 5.73 Å². The van der Waals surface area contributed by atoms with Gasteiger partial charge in [0, 0.05) is 31.5 Å². The highest BCUT2D eigenvalue weighted by atomic mass is 32.1. The van der Waals surface area contributed by atoms with Gasteiger partial charge >= 0.3 is 0 Å². The minimum absolute atomic E-state index is 0.626. The lowest BCUT2D eigenvalue weighted by atomic mass is 10.2. The average Bonchev–Trinajstić information content (AvgIpc) is 2.61. The Labute approximate surface area is 98.9 Å². The summed E-state index contributed by atoms with van der Waals surface area (Å²) in [7, 11) is 2.04. The van der Waals surface area contributed by atoms with E-state index in [-0.39, 0.29) is 0 Å². The first-order valence-electron chi connectivity index (χ1n) is 5.00. The van der Waals surface area contributed by atoms with E-state index in [1.54, 1.807) is 12.4 Å². The van der Waals surface area contributed by atoms with E-state index in [1.165, 1.54) is 17.1 Å². The van der Waals surface area contributed by atoms with Crippen molar-refractivity contribution in [2.24, 2.45) is 0 Å². The minimum Gasteiger partial charge on any atom is -0.383 e. The third kappa shape index (κ3) is 2.14. The van der Waals surface area contributed by atoms with E-state index >= 15 is 0 Å². The lowest BCUT2D eigenvalue weighted by Crippen LogP contribution is -2.16. The summed E-state index contributed by atoms with van der Waals surface area (Å²) in [5.74, 6) is 0.626. The summed E-state index contributed by atoms with van der Waals surface area (Å²) in [5, 5.41) is 1.12. The zero-order valence-corrected chi connectivity index (χ0v) is 10.2. The quantitative estimate of drug-likeness (QED) is 0.883. The fourth-order valence-corrected chi connectivity index (χ4v) is 2.30. The first-order valence-corrected chi connectivity index (χ1v) is 5.77. The molecule has 0 aliphatic heterocycles. The van der Waals surface area contributed by atoms with Crippen LogP contribution in [0.2, 0.25) is 0 Å². The van der Waals surface area contributed by atoms with Crippen molar-refractivity contribution >= 4 is 22.4 Å².